The molecular formula is C18H24N4OS. The molecule has 1 aromatic carbocycles. The first-order valence-corrected chi connectivity index (χ1v) is 9.53. The number of aromatic nitrogens is 3. The van der Waals surface area contributed by atoms with E-state index < -0.39 is 0 Å². The molecule has 0 aliphatic heterocycles. The van der Waals surface area contributed by atoms with Gasteiger partial charge in [0.1, 0.15) is 5.82 Å². The Hall–Kier alpha value is -1.82. The molecule has 1 aliphatic rings. The number of benzene rings is 1. The van der Waals surface area contributed by atoms with Crippen LogP contribution in [0.25, 0.3) is 0 Å². The molecule has 6 heteroatoms. The van der Waals surface area contributed by atoms with E-state index in [2.05, 4.69) is 21.7 Å². The minimum atomic E-state index is 0.0971. The number of carbonyl (C=O) groups excluding carboxylic acids is 1. The second-order valence-corrected chi connectivity index (χ2v) is 7.28. The summed E-state index contributed by atoms with van der Waals surface area (Å²) in [4.78, 5) is 14.6. The monoisotopic (exact) mass is 344 g/mol. The van der Waals surface area contributed by atoms with Gasteiger partial charge in [-0.05, 0) is 45.7 Å². The number of nitrogens with zero attached hydrogens (tertiary/aromatic N) is 4. The van der Waals surface area contributed by atoms with E-state index >= 15 is 0 Å². The van der Waals surface area contributed by atoms with Gasteiger partial charge in [0, 0.05) is 24.2 Å². The number of rotatable bonds is 7. The van der Waals surface area contributed by atoms with Gasteiger partial charge >= 0.3 is 0 Å². The van der Waals surface area contributed by atoms with Crippen molar-refractivity contribution in [3.8, 4) is 0 Å². The molecule has 0 radical (unpaired) electrons. The summed E-state index contributed by atoms with van der Waals surface area (Å²) < 4.78 is 2.15. The molecule has 1 aliphatic carbocycles. The summed E-state index contributed by atoms with van der Waals surface area (Å²) >= 11 is 1.48. The molecule has 0 spiro atoms. The van der Waals surface area contributed by atoms with E-state index in [1.165, 1.54) is 24.6 Å². The van der Waals surface area contributed by atoms with E-state index in [0.29, 0.717) is 11.7 Å². The zero-order valence-electron chi connectivity index (χ0n) is 14.5. The van der Waals surface area contributed by atoms with Gasteiger partial charge in [0.2, 0.25) is 5.91 Å². The van der Waals surface area contributed by atoms with Gasteiger partial charge in [0.05, 0.1) is 5.75 Å². The maximum atomic E-state index is 12.8. The van der Waals surface area contributed by atoms with Gasteiger partial charge in [0.15, 0.2) is 5.16 Å². The molecule has 1 heterocycles. The summed E-state index contributed by atoms with van der Waals surface area (Å²) in [5.74, 6) is 2.12. The molecule has 0 saturated heterocycles. The van der Waals surface area contributed by atoms with Gasteiger partial charge in [-0.2, -0.15) is 0 Å². The zero-order valence-corrected chi connectivity index (χ0v) is 15.3. The highest BCUT2D eigenvalue weighted by atomic mass is 32.2. The van der Waals surface area contributed by atoms with E-state index in [1.54, 1.807) is 0 Å². The van der Waals surface area contributed by atoms with Crippen LogP contribution in [-0.2, 0) is 11.3 Å². The summed E-state index contributed by atoms with van der Waals surface area (Å²) in [5.41, 5.74) is 0.939. The molecule has 24 heavy (non-hydrogen) atoms. The Morgan fingerprint density at radius 2 is 2.00 bits per heavy atom. The second-order valence-electron chi connectivity index (χ2n) is 6.34. The first kappa shape index (κ1) is 17.0. The molecule has 2 aromatic rings. The van der Waals surface area contributed by atoms with E-state index in [-0.39, 0.29) is 11.9 Å². The van der Waals surface area contributed by atoms with Crippen molar-refractivity contribution in [2.24, 2.45) is 0 Å². The van der Waals surface area contributed by atoms with E-state index in [4.69, 9.17) is 0 Å². The van der Waals surface area contributed by atoms with Crippen molar-refractivity contribution in [2.45, 2.75) is 57.3 Å². The molecular weight excluding hydrogens is 320 g/mol. The topological polar surface area (TPSA) is 51.0 Å². The number of carbonyl (C=O) groups is 1. The Morgan fingerprint density at radius 3 is 2.58 bits per heavy atom. The number of anilines is 1. The highest BCUT2D eigenvalue weighted by molar-refractivity contribution is 7.99. The summed E-state index contributed by atoms with van der Waals surface area (Å²) in [6.07, 6.45) is 2.41. The smallest absolute Gasteiger partial charge is 0.237 e. The summed E-state index contributed by atoms with van der Waals surface area (Å²) in [5, 5.41) is 9.49. The fourth-order valence-corrected chi connectivity index (χ4v) is 3.73. The van der Waals surface area contributed by atoms with Crippen molar-refractivity contribution in [2.75, 3.05) is 10.7 Å². The van der Waals surface area contributed by atoms with Crippen LogP contribution in [0.3, 0.4) is 0 Å². The third-order valence-corrected chi connectivity index (χ3v) is 5.10. The third kappa shape index (κ3) is 3.64. The lowest BCUT2D eigenvalue weighted by Crippen LogP contribution is -2.38. The van der Waals surface area contributed by atoms with Crippen LogP contribution in [-0.4, -0.2) is 32.5 Å². The Kier molecular flexibility index (Phi) is 5.23. The number of thioether (sulfide) groups is 1. The number of hydrogen-bond donors (Lipinski definition) is 0. The Labute approximate surface area is 147 Å². The van der Waals surface area contributed by atoms with Crippen LogP contribution in [0.1, 0.15) is 45.4 Å². The van der Waals surface area contributed by atoms with Crippen molar-refractivity contribution >= 4 is 23.4 Å². The van der Waals surface area contributed by atoms with E-state index in [9.17, 15) is 4.79 Å². The lowest BCUT2D eigenvalue weighted by atomic mass is 10.2. The molecule has 0 bridgehead atoms. The van der Waals surface area contributed by atoms with E-state index in [1.807, 2.05) is 49.1 Å². The fourth-order valence-electron chi connectivity index (χ4n) is 2.86. The second kappa shape index (κ2) is 7.38. The Morgan fingerprint density at radius 1 is 1.29 bits per heavy atom. The molecule has 5 nitrogen and oxygen atoms in total. The van der Waals surface area contributed by atoms with Gasteiger partial charge in [-0.25, -0.2) is 0 Å². The maximum Gasteiger partial charge on any atom is 0.237 e. The molecule has 128 valence electrons. The highest BCUT2D eigenvalue weighted by Crippen LogP contribution is 2.40. The zero-order chi connectivity index (χ0) is 17.1. The quantitative estimate of drug-likeness (QED) is 0.719. The third-order valence-electron chi connectivity index (χ3n) is 4.15. The molecule has 0 atom stereocenters. The molecule has 1 amide bonds. The predicted octanol–water partition coefficient (Wildman–Crippen LogP) is 3.71. The average molecular weight is 344 g/mol. The lowest BCUT2D eigenvalue weighted by molar-refractivity contribution is -0.116. The van der Waals surface area contributed by atoms with Crippen LogP contribution in [0.4, 0.5) is 5.69 Å². The van der Waals surface area contributed by atoms with Crippen molar-refractivity contribution in [3.63, 3.8) is 0 Å². The number of para-hydroxylation sites is 1. The average Bonchev–Trinajstić information content (AvgIpc) is 3.33. The summed E-state index contributed by atoms with van der Waals surface area (Å²) in [6.45, 7) is 7.03. The van der Waals surface area contributed by atoms with Crippen molar-refractivity contribution in [1.29, 1.82) is 0 Å². The Bertz CT molecular complexity index is 694. The maximum absolute atomic E-state index is 12.8. The number of amides is 1. The normalized spacial score (nSPS) is 14.2. The van der Waals surface area contributed by atoms with Crippen LogP contribution in [0.5, 0.6) is 0 Å². The van der Waals surface area contributed by atoms with Gasteiger partial charge in [-0.15, -0.1) is 10.2 Å². The van der Waals surface area contributed by atoms with Crippen LogP contribution >= 0.6 is 11.8 Å². The van der Waals surface area contributed by atoms with Gasteiger partial charge in [-0.1, -0.05) is 30.0 Å². The van der Waals surface area contributed by atoms with Crippen LogP contribution in [0, 0.1) is 0 Å². The lowest BCUT2D eigenvalue weighted by Gasteiger charge is -2.26. The molecule has 0 unspecified atom stereocenters. The number of hydrogen-bond acceptors (Lipinski definition) is 4. The van der Waals surface area contributed by atoms with Crippen LogP contribution in [0.15, 0.2) is 35.5 Å². The predicted molar refractivity (Wildman–Crippen MR) is 97.5 cm³/mol. The molecule has 3 rings (SSSR count). The highest BCUT2D eigenvalue weighted by Gasteiger charge is 2.30. The molecule has 1 saturated carbocycles. The van der Waals surface area contributed by atoms with E-state index in [0.717, 1.165) is 23.2 Å². The fraction of sp³-hybridized carbons (Fsp3) is 0.500. The standard InChI is InChI=1S/C18H24N4OS/c1-4-21-17(14-10-11-14)19-20-18(21)24-12-16(23)22(13(2)3)15-8-6-5-7-9-15/h5-9,13-14H,4,10-12H2,1-3H3. The van der Waals surface area contributed by atoms with Crippen LogP contribution in [0.2, 0.25) is 0 Å². The van der Waals surface area contributed by atoms with Crippen LogP contribution < -0.4 is 4.90 Å². The van der Waals surface area contributed by atoms with Gasteiger partial charge in [-0.3, -0.25) is 4.79 Å². The van der Waals surface area contributed by atoms with Crippen molar-refractivity contribution in [3.05, 3.63) is 36.2 Å². The SMILES string of the molecule is CCn1c(SCC(=O)N(c2ccccc2)C(C)C)nnc1C1CC1. The van der Waals surface area contributed by atoms with Crippen molar-refractivity contribution in [1.82, 2.24) is 14.8 Å². The molecule has 0 N–H and O–H groups in total. The Balaban J connectivity index is 1.70. The first-order chi connectivity index (χ1) is 11.6. The minimum absolute atomic E-state index is 0.0971. The van der Waals surface area contributed by atoms with Gasteiger partial charge < -0.3 is 9.47 Å². The summed E-state index contributed by atoms with van der Waals surface area (Å²) in [7, 11) is 0. The molecule has 1 fully saturated rings. The summed E-state index contributed by atoms with van der Waals surface area (Å²) in [6, 6.07) is 9.95. The van der Waals surface area contributed by atoms with Crippen molar-refractivity contribution < 1.29 is 4.79 Å². The first-order valence-electron chi connectivity index (χ1n) is 8.54. The van der Waals surface area contributed by atoms with Gasteiger partial charge in [0.25, 0.3) is 0 Å². The minimum Gasteiger partial charge on any atom is -0.309 e. The largest absolute Gasteiger partial charge is 0.309 e. The molecule has 1 aromatic heterocycles.